The molecule has 1 atom stereocenters. The molecule has 0 rings (SSSR count). The number of nitrogens with zero attached hydrogens (tertiary/aromatic N) is 2. The molecule has 0 aliphatic heterocycles. The van der Waals surface area contributed by atoms with Crippen LogP contribution in [-0.2, 0) is 14.4 Å². The minimum Gasteiger partial charge on any atom is -0.544 e. The normalized spacial score (nSPS) is 12.7. The van der Waals surface area contributed by atoms with Gasteiger partial charge >= 0.3 is 11.9 Å². The number of likely N-dealkylation sites (N-methyl/N-ethyl adjacent to an activating group) is 2. The molecule has 0 aliphatic carbocycles. The number of aliphatic carboxylic acids is 3. The highest BCUT2D eigenvalue weighted by Gasteiger charge is 2.35. The van der Waals surface area contributed by atoms with Gasteiger partial charge in [-0.1, -0.05) is 83.8 Å². The molecule has 0 heterocycles. The fraction of sp³-hybridized carbons (Fsp3) is 0.833. The number of nitrogens with two attached hydrogens (primary N) is 1. The van der Waals surface area contributed by atoms with Gasteiger partial charge in [-0.15, -0.1) is 0 Å². The first-order valence-corrected chi connectivity index (χ1v) is 14.7. The van der Waals surface area contributed by atoms with Crippen LogP contribution in [-0.4, -0.2) is 84.9 Å². The van der Waals surface area contributed by atoms with Crippen LogP contribution in [0.25, 0.3) is 0 Å². The Morgan fingerprint density at radius 2 is 1.23 bits per heavy atom. The molecule has 4 N–H and O–H groups in total. The van der Waals surface area contributed by atoms with Crippen LogP contribution in [0, 0.1) is 0 Å². The molecule has 232 valence electrons. The molecule has 9 nitrogen and oxygen atoms in total. The van der Waals surface area contributed by atoms with Crippen molar-refractivity contribution in [1.82, 2.24) is 4.90 Å². The second-order valence-electron chi connectivity index (χ2n) is 11.4. The predicted molar refractivity (Wildman–Crippen MR) is 158 cm³/mol. The van der Waals surface area contributed by atoms with Crippen LogP contribution in [0.5, 0.6) is 0 Å². The zero-order chi connectivity index (χ0) is 30.7. The van der Waals surface area contributed by atoms with E-state index in [0.29, 0.717) is 17.3 Å². The largest absolute Gasteiger partial charge is 0.544 e. The third-order valence-corrected chi connectivity index (χ3v) is 6.06. The fourth-order valence-electron chi connectivity index (χ4n) is 3.64. The number of carbonyl (C=O) groups excluding carboxylic acids is 1. The van der Waals surface area contributed by atoms with Crippen molar-refractivity contribution in [2.24, 2.45) is 5.73 Å². The Hall–Kier alpha value is -1.97. The Bertz CT molecular complexity index is 647. The highest BCUT2D eigenvalue weighted by atomic mass is 16.4. The van der Waals surface area contributed by atoms with Gasteiger partial charge in [0, 0.05) is 6.42 Å². The van der Waals surface area contributed by atoms with Gasteiger partial charge in [0.05, 0.1) is 27.1 Å². The van der Waals surface area contributed by atoms with Crippen molar-refractivity contribution in [1.29, 1.82) is 0 Å². The van der Waals surface area contributed by atoms with Gasteiger partial charge in [0.2, 0.25) is 0 Å². The van der Waals surface area contributed by atoms with Crippen LogP contribution in [0.3, 0.4) is 0 Å². The molecule has 9 heteroatoms. The van der Waals surface area contributed by atoms with Crippen molar-refractivity contribution in [3.05, 3.63) is 12.2 Å². The van der Waals surface area contributed by atoms with E-state index >= 15 is 0 Å². The summed E-state index contributed by atoms with van der Waals surface area (Å²) >= 11 is 0. The number of carbonyl (C=O) groups is 3. The molecule has 39 heavy (non-hydrogen) atoms. The lowest BCUT2D eigenvalue weighted by Crippen LogP contribution is -2.58. The Labute approximate surface area is 239 Å². The minimum absolute atomic E-state index is 0.0694. The number of carboxylic acids is 3. The molecule has 0 saturated heterocycles. The summed E-state index contributed by atoms with van der Waals surface area (Å²) in [4.78, 5) is 32.4. The SMILES string of the molecule is CCCC(N)(C(=O)O)N(C)C.CCCCCCCC/C=C\CCCCCCCC(=O)O.C[N+](C)(C)CC(=O)[O-]. The Balaban J connectivity index is -0.000000570. The van der Waals surface area contributed by atoms with E-state index in [4.69, 9.17) is 15.9 Å². The van der Waals surface area contributed by atoms with Gasteiger partial charge < -0.3 is 30.3 Å². The molecule has 0 aromatic rings. The van der Waals surface area contributed by atoms with Crippen molar-refractivity contribution in [3.63, 3.8) is 0 Å². The van der Waals surface area contributed by atoms with E-state index in [0.717, 1.165) is 19.3 Å². The maximum atomic E-state index is 10.7. The summed E-state index contributed by atoms with van der Waals surface area (Å²) < 4.78 is 0.419. The smallest absolute Gasteiger partial charge is 0.338 e. The van der Waals surface area contributed by atoms with Crippen molar-refractivity contribution >= 4 is 17.9 Å². The minimum atomic E-state index is -1.20. The van der Waals surface area contributed by atoms with Gasteiger partial charge in [0.15, 0.2) is 5.66 Å². The summed E-state index contributed by atoms with van der Waals surface area (Å²) in [6.45, 7) is 4.24. The molecule has 0 spiro atoms. The van der Waals surface area contributed by atoms with Crippen LogP contribution < -0.4 is 10.8 Å². The van der Waals surface area contributed by atoms with Crippen LogP contribution in [0.1, 0.15) is 117 Å². The number of unbranched alkanes of at least 4 members (excludes halogenated alkanes) is 11. The van der Waals surface area contributed by atoms with Crippen LogP contribution in [0.15, 0.2) is 12.2 Å². The maximum Gasteiger partial charge on any atom is 0.338 e. The number of hydrogen-bond acceptors (Lipinski definition) is 6. The fourth-order valence-corrected chi connectivity index (χ4v) is 3.64. The molecule has 0 aliphatic rings. The van der Waals surface area contributed by atoms with Gasteiger partial charge in [0.25, 0.3) is 0 Å². The molecule has 0 radical (unpaired) electrons. The van der Waals surface area contributed by atoms with E-state index in [9.17, 15) is 19.5 Å². The van der Waals surface area contributed by atoms with Gasteiger partial charge in [-0.2, -0.15) is 0 Å². The topological polar surface area (TPSA) is 144 Å². The first kappa shape index (κ1) is 41.5. The highest BCUT2D eigenvalue weighted by Crippen LogP contribution is 2.12. The lowest BCUT2D eigenvalue weighted by atomic mass is 10.0. The standard InChI is InChI=1S/C18H34O2.C7H16N2O2.C5H11NO2/c1-2-3-4-5-6-7-8-9-10-11-12-13-14-15-16-17-18(19)20;1-4-5-7(8,6(10)11)9(2)3;1-6(2,3)4-5(7)8/h9-10H,2-8,11-17H2,1H3,(H,19,20);4-5,8H2,1-3H3,(H,10,11);4H2,1-3H3/b10-9-;;. The first-order chi connectivity index (χ1) is 18.1. The zero-order valence-electron chi connectivity index (χ0n) is 26.2. The van der Waals surface area contributed by atoms with E-state index < -0.39 is 23.6 Å². The van der Waals surface area contributed by atoms with Crippen LogP contribution in [0.4, 0.5) is 0 Å². The lowest BCUT2D eigenvalue weighted by molar-refractivity contribution is -0.864. The van der Waals surface area contributed by atoms with Crippen molar-refractivity contribution in [2.45, 2.75) is 122 Å². The molecule has 0 aromatic heterocycles. The molecular formula is C30H61N3O6. The molecule has 0 bridgehead atoms. The number of allylic oxidation sites excluding steroid dienone is 2. The van der Waals surface area contributed by atoms with Crippen molar-refractivity contribution < 1.29 is 34.2 Å². The monoisotopic (exact) mass is 559 g/mol. The molecule has 0 fully saturated rings. The van der Waals surface area contributed by atoms with Gasteiger partial charge in [-0.3, -0.25) is 9.69 Å². The predicted octanol–water partition coefficient (Wildman–Crippen LogP) is 4.64. The van der Waals surface area contributed by atoms with E-state index in [1.165, 1.54) is 75.5 Å². The number of quaternary nitrogens is 1. The number of carboxylic acid groups (broad SMARTS) is 3. The summed E-state index contributed by atoms with van der Waals surface area (Å²) in [5.74, 6) is -2.63. The average Bonchev–Trinajstić information content (AvgIpc) is 2.80. The van der Waals surface area contributed by atoms with Crippen LogP contribution >= 0.6 is 0 Å². The lowest BCUT2D eigenvalue weighted by Gasteiger charge is -2.31. The van der Waals surface area contributed by atoms with E-state index in [1.54, 1.807) is 35.2 Å². The quantitative estimate of drug-likeness (QED) is 0.0798. The summed E-state index contributed by atoms with van der Waals surface area (Å²) in [6.07, 6.45) is 22.5. The zero-order valence-corrected chi connectivity index (χ0v) is 26.2. The number of rotatable bonds is 21. The first-order valence-electron chi connectivity index (χ1n) is 14.7. The van der Waals surface area contributed by atoms with Crippen LogP contribution in [0.2, 0.25) is 0 Å². The van der Waals surface area contributed by atoms with Crippen molar-refractivity contribution in [3.8, 4) is 0 Å². The second-order valence-corrected chi connectivity index (χ2v) is 11.4. The second kappa shape index (κ2) is 26.3. The van der Waals surface area contributed by atoms with E-state index in [1.807, 2.05) is 6.92 Å². The van der Waals surface area contributed by atoms with Gasteiger partial charge in [0.1, 0.15) is 6.54 Å². The third-order valence-electron chi connectivity index (χ3n) is 6.06. The summed E-state index contributed by atoms with van der Waals surface area (Å²) in [5, 5.41) is 27.2. The molecule has 0 amide bonds. The highest BCUT2D eigenvalue weighted by molar-refractivity contribution is 5.77. The van der Waals surface area contributed by atoms with Gasteiger partial charge in [-0.05, 0) is 52.6 Å². The Kier molecular flexibility index (Phi) is 28.0. The molecule has 0 aromatic carbocycles. The Morgan fingerprint density at radius 1 is 0.795 bits per heavy atom. The molecule has 1 unspecified atom stereocenters. The average molecular weight is 560 g/mol. The van der Waals surface area contributed by atoms with Gasteiger partial charge in [-0.25, -0.2) is 4.79 Å². The number of hydrogen-bond donors (Lipinski definition) is 3. The third kappa shape index (κ3) is 32.1. The summed E-state index contributed by atoms with van der Waals surface area (Å²) in [5.41, 5.74) is 4.42. The van der Waals surface area contributed by atoms with Crippen molar-refractivity contribution in [2.75, 3.05) is 41.8 Å². The molecular weight excluding hydrogens is 498 g/mol. The Morgan fingerprint density at radius 3 is 1.51 bits per heavy atom. The summed E-state index contributed by atoms with van der Waals surface area (Å²) in [6, 6.07) is 0. The van der Waals surface area contributed by atoms with E-state index in [2.05, 4.69) is 19.1 Å². The van der Waals surface area contributed by atoms with E-state index in [-0.39, 0.29) is 6.54 Å². The summed E-state index contributed by atoms with van der Waals surface area (Å²) in [7, 11) is 8.75. The molecule has 0 saturated carbocycles. The maximum absolute atomic E-state index is 10.7.